The van der Waals surface area contributed by atoms with Crippen molar-refractivity contribution in [3.63, 3.8) is 0 Å². The summed E-state index contributed by atoms with van der Waals surface area (Å²) in [5, 5.41) is 10.4. The van der Waals surface area contributed by atoms with E-state index in [4.69, 9.17) is 9.26 Å². The second-order valence-electron chi connectivity index (χ2n) is 9.56. The number of aromatic nitrogens is 6. The van der Waals surface area contributed by atoms with Gasteiger partial charge in [-0.05, 0) is 50.2 Å². The Hall–Kier alpha value is -3.72. The van der Waals surface area contributed by atoms with Gasteiger partial charge in [-0.2, -0.15) is 5.10 Å². The van der Waals surface area contributed by atoms with E-state index in [0.29, 0.717) is 11.3 Å². The molecule has 5 aromatic heterocycles. The number of pyridine rings is 2. The monoisotopic (exact) mass is 472 g/mol. The minimum Gasteiger partial charge on any atom is -0.381 e. The van der Waals surface area contributed by atoms with Gasteiger partial charge in [0.25, 0.3) is 5.56 Å². The highest BCUT2D eigenvalue weighted by atomic mass is 16.5. The van der Waals surface area contributed by atoms with E-state index in [1.165, 1.54) is 0 Å². The normalized spacial score (nSPS) is 18.6. The van der Waals surface area contributed by atoms with Crippen LogP contribution >= 0.6 is 0 Å². The number of ether oxygens (including phenoxy) is 1. The molecule has 0 saturated heterocycles. The van der Waals surface area contributed by atoms with Crippen LogP contribution in [0.25, 0.3) is 44.5 Å². The van der Waals surface area contributed by atoms with Crippen LogP contribution in [0.1, 0.15) is 42.9 Å². The maximum Gasteiger partial charge on any atom is 0.262 e. The minimum absolute atomic E-state index is 0.0957. The van der Waals surface area contributed by atoms with Gasteiger partial charge < -0.3 is 18.8 Å². The lowest BCUT2D eigenvalue weighted by Crippen LogP contribution is -2.25. The number of hydrogen-bond acceptors (Lipinski definition) is 6. The highest BCUT2D eigenvalue weighted by molar-refractivity contribution is 6.08. The van der Waals surface area contributed by atoms with E-state index in [9.17, 15) is 4.79 Å². The zero-order valence-corrected chi connectivity index (χ0v) is 20.3. The first kappa shape index (κ1) is 21.8. The molecule has 0 unspecified atom stereocenters. The summed E-state index contributed by atoms with van der Waals surface area (Å²) in [4.78, 5) is 21.9. The minimum atomic E-state index is -0.0957. The van der Waals surface area contributed by atoms with Crippen molar-refractivity contribution in [1.29, 1.82) is 0 Å². The molecule has 0 bridgehead atoms. The van der Waals surface area contributed by atoms with Crippen molar-refractivity contribution in [2.75, 3.05) is 7.11 Å². The average Bonchev–Trinajstić information content (AvgIpc) is 3.60. The van der Waals surface area contributed by atoms with E-state index < -0.39 is 0 Å². The van der Waals surface area contributed by atoms with E-state index in [-0.39, 0.29) is 17.6 Å². The van der Waals surface area contributed by atoms with E-state index in [1.807, 2.05) is 32.4 Å². The topological polar surface area (TPSA) is 104 Å². The first-order valence-electron chi connectivity index (χ1n) is 11.9. The van der Waals surface area contributed by atoms with Crippen LogP contribution in [0, 0.1) is 6.92 Å². The molecule has 5 aromatic rings. The van der Waals surface area contributed by atoms with Crippen LogP contribution in [0.15, 0.2) is 40.0 Å². The number of aryl methyl sites for hydroxylation is 3. The molecule has 1 fully saturated rings. The summed E-state index contributed by atoms with van der Waals surface area (Å²) < 4.78 is 14.8. The summed E-state index contributed by atoms with van der Waals surface area (Å²) >= 11 is 0. The molecule has 1 aliphatic carbocycles. The Labute approximate surface area is 201 Å². The standard InChI is InChI=1S/C26H28N6O3/c1-14-9-21(35-30-14)24-22(15-5-7-17(34-4)8-6-15)23-18-10-19(16-11-28-31(2)13-16)29-25(18)27-12-20(23)32(3)26(24)33/h9-13,15,17H,5-8H2,1-4H3,(H,27,29). The lowest BCUT2D eigenvalue weighted by atomic mass is 9.79. The van der Waals surface area contributed by atoms with Gasteiger partial charge in [-0.1, -0.05) is 5.16 Å². The maximum atomic E-state index is 13.7. The fraction of sp³-hybridized carbons (Fsp3) is 0.385. The van der Waals surface area contributed by atoms with Gasteiger partial charge >= 0.3 is 0 Å². The number of methoxy groups -OCH3 is 1. The molecule has 0 atom stereocenters. The number of fused-ring (bicyclic) bond motifs is 3. The van der Waals surface area contributed by atoms with Crippen molar-refractivity contribution in [3.05, 3.63) is 52.3 Å². The molecule has 0 aliphatic heterocycles. The lowest BCUT2D eigenvalue weighted by molar-refractivity contribution is 0.0660. The Morgan fingerprint density at radius 1 is 1.14 bits per heavy atom. The van der Waals surface area contributed by atoms with Gasteiger partial charge in [-0.25, -0.2) is 4.98 Å². The fourth-order valence-corrected chi connectivity index (χ4v) is 5.55. The molecule has 9 nitrogen and oxygen atoms in total. The van der Waals surface area contributed by atoms with Gasteiger partial charge in [0.05, 0.1) is 41.0 Å². The number of aromatic amines is 1. The second kappa shape index (κ2) is 8.20. The molecule has 1 saturated carbocycles. The molecule has 9 heteroatoms. The molecular weight excluding hydrogens is 444 g/mol. The van der Waals surface area contributed by atoms with Gasteiger partial charge in [0.15, 0.2) is 5.76 Å². The molecule has 0 amide bonds. The van der Waals surface area contributed by atoms with E-state index in [2.05, 4.69) is 26.3 Å². The quantitative estimate of drug-likeness (QED) is 0.414. The van der Waals surface area contributed by atoms with Gasteiger partial charge in [0, 0.05) is 49.8 Å². The highest BCUT2D eigenvalue weighted by Crippen LogP contribution is 2.43. The molecule has 1 aliphatic rings. The van der Waals surface area contributed by atoms with Crippen LogP contribution < -0.4 is 5.56 Å². The number of hydrogen-bond donors (Lipinski definition) is 1. The fourth-order valence-electron chi connectivity index (χ4n) is 5.55. The molecule has 0 aromatic carbocycles. The summed E-state index contributed by atoms with van der Waals surface area (Å²) in [6.45, 7) is 1.87. The zero-order chi connectivity index (χ0) is 24.3. The molecule has 5 heterocycles. The van der Waals surface area contributed by atoms with E-state index in [1.54, 1.807) is 29.6 Å². The lowest BCUT2D eigenvalue weighted by Gasteiger charge is -2.30. The van der Waals surface area contributed by atoms with Gasteiger partial charge in [0.2, 0.25) is 0 Å². The van der Waals surface area contributed by atoms with E-state index >= 15 is 0 Å². The summed E-state index contributed by atoms with van der Waals surface area (Å²) in [5.41, 5.74) is 5.78. The molecule has 1 N–H and O–H groups in total. The van der Waals surface area contributed by atoms with Crippen molar-refractivity contribution in [1.82, 2.24) is 29.5 Å². The van der Waals surface area contributed by atoms with Crippen LogP contribution in [-0.4, -0.2) is 42.7 Å². The Morgan fingerprint density at radius 2 is 1.94 bits per heavy atom. The second-order valence-corrected chi connectivity index (χ2v) is 9.56. The van der Waals surface area contributed by atoms with Gasteiger partial charge in [-0.3, -0.25) is 9.48 Å². The summed E-state index contributed by atoms with van der Waals surface area (Å²) in [7, 11) is 5.47. The third-order valence-electron chi connectivity index (χ3n) is 7.36. The van der Waals surface area contributed by atoms with Crippen molar-refractivity contribution in [2.24, 2.45) is 14.1 Å². The molecule has 0 spiro atoms. The van der Waals surface area contributed by atoms with Crippen LogP contribution in [0.4, 0.5) is 0 Å². The number of H-pyrrole nitrogens is 1. The smallest absolute Gasteiger partial charge is 0.262 e. The van der Waals surface area contributed by atoms with Crippen molar-refractivity contribution in [3.8, 4) is 22.6 Å². The van der Waals surface area contributed by atoms with Crippen molar-refractivity contribution in [2.45, 2.75) is 44.6 Å². The molecule has 6 rings (SSSR count). The number of rotatable bonds is 4. The summed E-state index contributed by atoms with van der Waals surface area (Å²) in [6, 6.07) is 3.97. The van der Waals surface area contributed by atoms with Crippen molar-refractivity contribution < 1.29 is 9.26 Å². The molecule has 35 heavy (non-hydrogen) atoms. The largest absolute Gasteiger partial charge is 0.381 e. The Kier molecular flexibility index (Phi) is 5.10. The number of nitrogens with one attached hydrogen (secondary N) is 1. The summed E-state index contributed by atoms with van der Waals surface area (Å²) in [5.74, 6) is 0.711. The number of nitrogens with zero attached hydrogens (tertiary/aromatic N) is 5. The predicted octanol–water partition coefficient (Wildman–Crippen LogP) is 4.45. The van der Waals surface area contributed by atoms with Crippen LogP contribution in [0.3, 0.4) is 0 Å². The van der Waals surface area contributed by atoms with E-state index in [0.717, 1.165) is 70.1 Å². The highest BCUT2D eigenvalue weighted by Gasteiger charge is 2.31. The van der Waals surface area contributed by atoms with Crippen LogP contribution in [0.5, 0.6) is 0 Å². The van der Waals surface area contributed by atoms with Crippen LogP contribution in [-0.2, 0) is 18.8 Å². The zero-order valence-electron chi connectivity index (χ0n) is 20.3. The third-order valence-corrected chi connectivity index (χ3v) is 7.36. The first-order chi connectivity index (χ1) is 16.9. The van der Waals surface area contributed by atoms with Crippen molar-refractivity contribution >= 4 is 21.9 Å². The molecule has 0 radical (unpaired) electrons. The molecular formula is C26H28N6O3. The third kappa shape index (κ3) is 3.49. The van der Waals surface area contributed by atoms with Gasteiger partial charge in [0.1, 0.15) is 5.65 Å². The Balaban J connectivity index is 1.68. The van der Waals surface area contributed by atoms with Crippen LogP contribution in [0.2, 0.25) is 0 Å². The Morgan fingerprint density at radius 3 is 2.60 bits per heavy atom. The van der Waals surface area contributed by atoms with Gasteiger partial charge in [-0.15, -0.1) is 0 Å². The first-order valence-corrected chi connectivity index (χ1v) is 11.9. The average molecular weight is 473 g/mol. The molecule has 180 valence electrons. The SMILES string of the molecule is COC1CCC(c2c(-c3cc(C)no3)c(=O)n(C)c3cnc4[nH]c(-c5cnn(C)c5)cc4c23)CC1. The summed E-state index contributed by atoms with van der Waals surface area (Å²) in [6.07, 6.45) is 9.63. The predicted molar refractivity (Wildman–Crippen MR) is 133 cm³/mol. The maximum absolute atomic E-state index is 13.7. The Bertz CT molecular complexity index is 1610.